The number of amides is 3. The van der Waals surface area contributed by atoms with Crippen LogP contribution in [0.5, 0.6) is 11.6 Å². The number of fused-ring (bicyclic) bond motifs is 4. The third kappa shape index (κ3) is 6.24. The van der Waals surface area contributed by atoms with Gasteiger partial charge in [0.2, 0.25) is 17.7 Å². The predicted molar refractivity (Wildman–Crippen MR) is 192 cm³/mol. The Labute approximate surface area is 304 Å². The highest BCUT2D eigenvalue weighted by Crippen LogP contribution is 2.39. The van der Waals surface area contributed by atoms with Crippen LogP contribution in [0.1, 0.15) is 40.7 Å². The number of carbonyl (C=O) groups excluding carboxylic acids is 3. The molecule has 2 aromatic heterocycles. The fourth-order valence-corrected chi connectivity index (χ4v) is 8.15. The minimum absolute atomic E-state index is 0.0895. The smallest absolute Gasteiger partial charge is 0.255 e. The van der Waals surface area contributed by atoms with E-state index >= 15 is 0 Å². The van der Waals surface area contributed by atoms with Gasteiger partial charge in [-0.25, -0.2) is 9.37 Å². The van der Waals surface area contributed by atoms with E-state index in [0.29, 0.717) is 54.6 Å². The predicted octanol–water partition coefficient (Wildman–Crippen LogP) is 2.92. The first-order valence-electron chi connectivity index (χ1n) is 18.0. The van der Waals surface area contributed by atoms with E-state index in [1.165, 1.54) is 12.1 Å². The van der Waals surface area contributed by atoms with Crippen LogP contribution in [0.15, 0.2) is 60.8 Å². The van der Waals surface area contributed by atoms with Gasteiger partial charge < -0.3 is 29.9 Å². The molecule has 14 nitrogen and oxygen atoms in total. The van der Waals surface area contributed by atoms with Gasteiger partial charge in [0.1, 0.15) is 12.1 Å². The second-order valence-electron chi connectivity index (χ2n) is 14.3. The van der Waals surface area contributed by atoms with E-state index in [1.54, 1.807) is 11.0 Å². The Kier molecular flexibility index (Phi) is 8.29. The van der Waals surface area contributed by atoms with E-state index in [2.05, 4.69) is 46.6 Å². The van der Waals surface area contributed by atoms with E-state index in [4.69, 9.17) is 4.74 Å². The number of aromatic nitrogens is 3. The van der Waals surface area contributed by atoms with Crippen LogP contribution in [0, 0.1) is 5.82 Å². The molecule has 3 atom stereocenters. The number of nitrogens with one attached hydrogen (secondary N) is 2. The Bertz CT molecular complexity index is 2110. The topological polar surface area (TPSA) is 156 Å². The molecule has 0 radical (unpaired) electrons. The summed E-state index contributed by atoms with van der Waals surface area (Å²) in [6.07, 6.45) is 3.16. The lowest BCUT2D eigenvalue weighted by Gasteiger charge is -2.36. The van der Waals surface area contributed by atoms with E-state index < -0.39 is 23.5 Å². The quantitative estimate of drug-likeness (QED) is 0.241. The van der Waals surface area contributed by atoms with Crippen molar-refractivity contribution < 1.29 is 28.6 Å². The number of phenolic OH excluding ortho intramolecular Hbond substituents is 1. The fourth-order valence-electron chi connectivity index (χ4n) is 8.15. The number of ether oxygens (including phenoxy) is 1. The van der Waals surface area contributed by atoms with E-state index in [-0.39, 0.29) is 30.4 Å². The number of piperazine rings is 1. The van der Waals surface area contributed by atoms with Crippen LogP contribution in [0.3, 0.4) is 0 Å². The maximum Gasteiger partial charge on any atom is 0.255 e. The standard InChI is InChI=1S/C38H38FN9O5/c39-29-3-1-2-27(35(29)50)30-16-32-36(44-43-30)41-18-25-14-26(21-47(25)32)53-34-9-4-22(17-40-34)19-45-10-12-46(13-11-45)24-6-5-23-20-48(38(52)28(23)15-24)31-7-8-33(49)42-37(31)51/h1-6,9,15-17,25-26,31,50H,7-8,10-14,18-21H2,(H,41,44)(H,42,49,51). The summed E-state index contributed by atoms with van der Waals surface area (Å²) >= 11 is 0. The lowest BCUT2D eigenvalue weighted by Crippen LogP contribution is -2.52. The number of imide groups is 1. The minimum Gasteiger partial charge on any atom is -0.504 e. The SMILES string of the molecule is O=C1CCC(N2Cc3ccc(N4CCN(Cc5ccc(OC6CC7CNc8nnc(-c9cccc(F)c9O)cc8N7C6)nc5)CC4)cc3C2=O)C(=O)N1. The lowest BCUT2D eigenvalue weighted by atomic mass is 10.0. The number of phenols is 1. The molecule has 0 bridgehead atoms. The van der Waals surface area contributed by atoms with Crippen LogP contribution in [0.2, 0.25) is 0 Å². The van der Waals surface area contributed by atoms with Gasteiger partial charge in [-0.2, -0.15) is 0 Å². The molecule has 3 saturated heterocycles. The van der Waals surface area contributed by atoms with Crippen molar-refractivity contribution >= 4 is 34.9 Å². The van der Waals surface area contributed by atoms with Gasteiger partial charge in [0.05, 0.1) is 24.0 Å². The molecule has 3 amide bonds. The van der Waals surface area contributed by atoms with Gasteiger partial charge in [-0.05, 0) is 47.9 Å². The average molecular weight is 720 g/mol. The monoisotopic (exact) mass is 719 g/mol. The normalized spacial score (nSPS) is 22.6. The molecule has 3 N–H and O–H groups in total. The van der Waals surface area contributed by atoms with Gasteiger partial charge in [-0.3, -0.25) is 24.6 Å². The first-order chi connectivity index (χ1) is 25.8. The van der Waals surface area contributed by atoms with Crippen LogP contribution in [-0.4, -0.2) is 105 Å². The van der Waals surface area contributed by atoms with Gasteiger partial charge in [0.15, 0.2) is 17.4 Å². The highest BCUT2D eigenvalue weighted by Gasteiger charge is 2.40. The van der Waals surface area contributed by atoms with Gasteiger partial charge in [0, 0.05) is 87.7 Å². The highest BCUT2D eigenvalue weighted by atomic mass is 19.1. The van der Waals surface area contributed by atoms with E-state index in [1.807, 2.05) is 36.5 Å². The Morgan fingerprint density at radius 1 is 0.962 bits per heavy atom. The van der Waals surface area contributed by atoms with Crippen molar-refractivity contribution in [1.29, 1.82) is 0 Å². The molecule has 53 heavy (non-hydrogen) atoms. The summed E-state index contributed by atoms with van der Waals surface area (Å²) in [6, 6.07) is 15.7. The molecule has 4 aromatic rings. The first-order valence-corrected chi connectivity index (χ1v) is 18.0. The summed E-state index contributed by atoms with van der Waals surface area (Å²) < 4.78 is 20.4. The molecule has 5 aliphatic heterocycles. The zero-order valence-electron chi connectivity index (χ0n) is 28.9. The number of pyridine rings is 1. The summed E-state index contributed by atoms with van der Waals surface area (Å²) in [6.45, 7) is 5.79. The maximum absolute atomic E-state index is 14.0. The van der Waals surface area contributed by atoms with E-state index in [0.717, 1.165) is 61.6 Å². The molecule has 0 saturated carbocycles. The van der Waals surface area contributed by atoms with Gasteiger partial charge in [0.25, 0.3) is 5.91 Å². The second kappa shape index (κ2) is 13.3. The Morgan fingerprint density at radius 2 is 1.83 bits per heavy atom. The van der Waals surface area contributed by atoms with Gasteiger partial charge in [-0.15, -0.1) is 10.2 Å². The highest BCUT2D eigenvalue weighted by molar-refractivity contribution is 6.05. The second-order valence-corrected chi connectivity index (χ2v) is 14.3. The van der Waals surface area contributed by atoms with Crippen molar-refractivity contribution in [2.45, 2.75) is 50.5 Å². The number of benzene rings is 2. The van der Waals surface area contributed by atoms with Crippen molar-refractivity contribution in [2.75, 3.05) is 54.4 Å². The molecule has 9 rings (SSSR count). The summed E-state index contributed by atoms with van der Waals surface area (Å²) in [5, 5.41) is 24.5. The number of anilines is 3. The van der Waals surface area contributed by atoms with Crippen LogP contribution in [-0.2, 0) is 22.7 Å². The third-order valence-corrected chi connectivity index (χ3v) is 11.0. The summed E-state index contributed by atoms with van der Waals surface area (Å²) in [5.74, 6) is -0.789. The summed E-state index contributed by atoms with van der Waals surface area (Å²) in [4.78, 5) is 50.4. The zero-order valence-corrected chi connectivity index (χ0v) is 28.9. The van der Waals surface area contributed by atoms with Crippen LogP contribution < -0.4 is 25.2 Å². The largest absolute Gasteiger partial charge is 0.504 e. The number of hydrogen-bond acceptors (Lipinski definition) is 12. The van der Waals surface area contributed by atoms with E-state index in [9.17, 15) is 23.9 Å². The van der Waals surface area contributed by atoms with Gasteiger partial charge in [-0.1, -0.05) is 18.2 Å². The molecular weight excluding hydrogens is 681 g/mol. The Balaban J connectivity index is 0.781. The average Bonchev–Trinajstić information content (AvgIpc) is 3.73. The maximum atomic E-state index is 14.0. The molecule has 15 heteroatoms. The molecule has 272 valence electrons. The van der Waals surface area contributed by atoms with Crippen molar-refractivity contribution in [1.82, 2.24) is 30.3 Å². The molecule has 7 heterocycles. The minimum atomic E-state index is -0.706. The van der Waals surface area contributed by atoms with Crippen molar-refractivity contribution in [3.05, 3.63) is 83.3 Å². The molecule has 0 spiro atoms. The number of carbonyl (C=O) groups is 3. The van der Waals surface area contributed by atoms with Crippen LogP contribution in [0.25, 0.3) is 11.3 Å². The van der Waals surface area contributed by atoms with Crippen LogP contribution in [0.4, 0.5) is 21.6 Å². The molecule has 0 aliphatic carbocycles. The first kappa shape index (κ1) is 33.0. The molecule has 3 unspecified atom stereocenters. The number of piperidine rings is 1. The van der Waals surface area contributed by atoms with Crippen molar-refractivity contribution in [3.8, 4) is 22.9 Å². The lowest BCUT2D eigenvalue weighted by molar-refractivity contribution is -0.136. The third-order valence-electron chi connectivity index (χ3n) is 11.0. The fraction of sp³-hybridized carbons (Fsp3) is 0.368. The molecule has 2 aromatic carbocycles. The number of para-hydroxylation sites is 1. The Hall–Kier alpha value is -5.83. The van der Waals surface area contributed by atoms with Gasteiger partial charge >= 0.3 is 0 Å². The van der Waals surface area contributed by atoms with Crippen molar-refractivity contribution in [3.63, 3.8) is 0 Å². The number of aromatic hydroxyl groups is 1. The van der Waals surface area contributed by atoms with Crippen molar-refractivity contribution in [2.24, 2.45) is 0 Å². The number of rotatable bonds is 7. The van der Waals surface area contributed by atoms with Crippen LogP contribution >= 0.6 is 0 Å². The molecule has 5 aliphatic rings. The number of nitrogens with zero attached hydrogens (tertiary/aromatic N) is 7. The Morgan fingerprint density at radius 3 is 2.64 bits per heavy atom. The number of hydrogen-bond donors (Lipinski definition) is 3. The molecular formula is C38H38FN9O5. The number of halogens is 1. The zero-order chi connectivity index (χ0) is 36.2. The summed E-state index contributed by atoms with van der Waals surface area (Å²) in [7, 11) is 0. The molecule has 3 fully saturated rings. The summed E-state index contributed by atoms with van der Waals surface area (Å²) in [5.41, 5.74) is 5.14.